The van der Waals surface area contributed by atoms with Crippen LogP contribution < -0.4 is 5.32 Å². The van der Waals surface area contributed by atoms with E-state index in [1.807, 2.05) is 30.3 Å². The van der Waals surface area contributed by atoms with E-state index in [0.717, 1.165) is 48.1 Å². The first kappa shape index (κ1) is 25.5. The summed E-state index contributed by atoms with van der Waals surface area (Å²) in [6.45, 7) is 2.90. The minimum absolute atomic E-state index is 0.295. The van der Waals surface area contributed by atoms with Crippen LogP contribution in [0.1, 0.15) is 37.4 Å². The second kappa shape index (κ2) is 11.1. The van der Waals surface area contributed by atoms with Crippen LogP contribution in [0.2, 0.25) is 0 Å². The molecule has 0 unspecified atom stereocenters. The Morgan fingerprint density at radius 3 is 2.50 bits per heavy atom. The molecule has 0 atom stereocenters. The average molecular weight is 528 g/mol. The molecule has 1 N–H and O–H groups in total. The number of benzene rings is 4. The zero-order chi connectivity index (χ0) is 27.5. The van der Waals surface area contributed by atoms with Crippen molar-refractivity contribution in [1.29, 1.82) is 0 Å². The van der Waals surface area contributed by atoms with Crippen molar-refractivity contribution in [2.75, 3.05) is 19.0 Å². The van der Waals surface area contributed by atoms with Crippen LogP contribution in [0.15, 0.2) is 103 Å². The van der Waals surface area contributed by atoms with Gasteiger partial charge < -0.3 is 10.1 Å². The molecule has 40 heavy (non-hydrogen) atoms. The molecule has 1 aromatic heterocycles. The third-order valence-electron chi connectivity index (χ3n) is 7.44. The predicted molar refractivity (Wildman–Crippen MR) is 157 cm³/mol. The maximum Gasteiger partial charge on any atom is 0.339 e. The molecule has 1 aliphatic heterocycles. The van der Waals surface area contributed by atoms with E-state index >= 15 is 0 Å². The summed E-state index contributed by atoms with van der Waals surface area (Å²) in [6, 6.07) is 31.6. The molecule has 1 amide bonds. The molecule has 5 aromatic rings. The first-order valence-electron chi connectivity index (χ1n) is 13.3. The summed E-state index contributed by atoms with van der Waals surface area (Å²) >= 11 is 0. The Labute approximate surface area is 233 Å². The number of aromatic nitrogens is 1. The zero-order valence-corrected chi connectivity index (χ0v) is 22.3. The van der Waals surface area contributed by atoms with Gasteiger partial charge in [-0.1, -0.05) is 60.7 Å². The van der Waals surface area contributed by atoms with Crippen molar-refractivity contribution in [2.45, 2.75) is 19.5 Å². The van der Waals surface area contributed by atoms with Crippen molar-refractivity contribution in [1.82, 2.24) is 9.88 Å². The topological polar surface area (TPSA) is 71.5 Å². The molecule has 198 valence electrons. The lowest BCUT2D eigenvalue weighted by atomic mass is 9.98. The fourth-order valence-corrected chi connectivity index (χ4v) is 5.28. The van der Waals surface area contributed by atoms with Gasteiger partial charge in [0.1, 0.15) is 0 Å². The number of nitrogens with zero attached hydrogens (tertiary/aromatic N) is 2. The maximum absolute atomic E-state index is 13.2. The van der Waals surface area contributed by atoms with E-state index in [4.69, 9.17) is 4.74 Å². The fraction of sp³-hybridized carbons (Fsp3) is 0.147. The van der Waals surface area contributed by atoms with Crippen molar-refractivity contribution in [3.63, 3.8) is 0 Å². The Kier molecular flexibility index (Phi) is 7.08. The molecule has 2 heterocycles. The standard InChI is InChI=1S/C34H29N3O3/c1-40-34(39)30-14-12-26(20-32(30)36-33(38)28-13-15-31-27(19-28)7-4-17-35-31)25-10-8-23(9-11-25)21-37-18-16-24-5-2-3-6-29(24)22-37/h2-15,17,19-20H,16,18,21-22H2,1H3,(H,36,38). The number of hydrogen-bond donors (Lipinski definition) is 1. The second-order valence-electron chi connectivity index (χ2n) is 10.0. The normalized spacial score (nSPS) is 13.0. The van der Waals surface area contributed by atoms with Crippen LogP contribution in [0.4, 0.5) is 5.69 Å². The molecule has 0 radical (unpaired) electrons. The summed E-state index contributed by atoms with van der Waals surface area (Å²) in [6.07, 6.45) is 2.79. The Hall–Kier alpha value is -4.81. The molecule has 0 aliphatic carbocycles. The molecule has 6 heteroatoms. The van der Waals surface area contributed by atoms with E-state index in [-0.39, 0.29) is 5.91 Å². The lowest BCUT2D eigenvalue weighted by molar-refractivity contribution is 0.0602. The number of carbonyl (C=O) groups is 2. The van der Waals surface area contributed by atoms with Crippen LogP contribution in [0.25, 0.3) is 22.0 Å². The molecule has 0 bridgehead atoms. The monoisotopic (exact) mass is 527 g/mol. The molecular weight excluding hydrogens is 498 g/mol. The number of fused-ring (bicyclic) bond motifs is 2. The Bertz CT molecular complexity index is 1710. The highest BCUT2D eigenvalue weighted by Gasteiger charge is 2.18. The van der Waals surface area contributed by atoms with Crippen molar-refractivity contribution in [3.8, 4) is 11.1 Å². The number of nitrogens with one attached hydrogen (secondary N) is 1. The van der Waals surface area contributed by atoms with Crippen LogP contribution in [-0.4, -0.2) is 35.4 Å². The van der Waals surface area contributed by atoms with E-state index in [9.17, 15) is 9.59 Å². The van der Waals surface area contributed by atoms with Gasteiger partial charge in [-0.15, -0.1) is 0 Å². The van der Waals surface area contributed by atoms with Gasteiger partial charge in [-0.3, -0.25) is 14.7 Å². The summed E-state index contributed by atoms with van der Waals surface area (Å²) in [7, 11) is 1.33. The van der Waals surface area contributed by atoms with Crippen LogP contribution in [0, 0.1) is 0 Å². The smallest absolute Gasteiger partial charge is 0.339 e. The number of hydrogen-bond acceptors (Lipinski definition) is 5. The predicted octanol–water partition coefficient (Wildman–Crippen LogP) is 6.50. The molecule has 1 aliphatic rings. The minimum Gasteiger partial charge on any atom is -0.465 e. The van der Waals surface area contributed by atoms with Gasteiger partial charge in [0.25, 0.3) is 5.91 Å². The Morgan fingerprint density at radius 1 is 0.875 bits per heavy atom. The SMILES string of the molecule is COC(=O)c1ccc(-c2ccc(CN3CCc4ccccc4C3)cc2)cc1NC(=O)c1ccc2ncccc2c1. The largest absolute Gasteiger partial charge is 0.465 e. The first-order valence-corrected chi connectivity index (χ1v) is 13.3. The molecule has 0 saturated carbocycles. The molecule has 4 aromatic carbocycles. The highest BCUT2D eigenvalue weighted by molar-refractivity contribution is 6.09. The molecule has 0 fully saturated rings. The van der Waals surface area contributed by atoms with Crippen molar-refractivity contribution in [2.24, 2.45) is 0 Å². The maximum atomic E-state index is 13.2. The van der Waals surface area contributed by atoms with Crippen molar-refractivity contribution >= 4 is 28.5 Å². The van der Waals surface area contributed by atoms with Gasteiger partial charge in [0.15, 0.2) is 0 Å². The number of ether oxygens (including phenoxy) is 1. The van der Waals surface area contributed by atoms with Gasteiger partial charge in [0.2, 0.25) is 0 Å². The van der Waals surface area contributed by atoms with Gasteiger partial charge in [-0.05, 0) is 70.6 Å². The number of methoxy groups -OCH3 is 1. The highest BCUT2D eigenvalue weighted by atomic mass is 16.5. The first-order chi connectivity index (χ1) is 19.6. The third kappa shape index (κ3) is 5.35. The number of rotatable bonds is 6. The van der Waals surface area contributed by atoms with Gasteiger partial charge >= 0.3 is 5.97 Å². The number of esters is 1. The van der Waals surface area contributed by atoms with Gasteiger partial charge in [-0.25, -0.2) is 4.79 Å². The third-order valence-corrected chi connectivity index (χ3v) is 7.44. The Morgan fingerprint density at radius 2 is 1.68 bits per heavy atom. The van der Waals surface area contributed by atoms with E-state index < -0.39 is 5.97 Å². The number of amides is 1. The Balaban J connectivity index is 1.22. The van der Waals surface area contributed by atoms with E-state index in [1.54, 1.807) is 24.4 Å². The average Bonchev–Trinajstić information content (AvgIpc) is 3.00. The quantitative estimate of drug-likeness (QED) is 0.255. The van der Waals surface area contributed by atoms with Crippen LogP contribution in [0.5, 0.6) is 0 Å². The second-order valence-corrected chi connectivity index (χ2v) is 10.0. The van der Waals surface area contributed by atoms with Crippen LogP contribution >= 0.6 is 0 Å². The molecular formula is C34H29N3O3. The highest BCUT2D eigenvalue weighted by Crippen LogP contribution is 2.28. The van der Waals surface area contributed by atoms with Gasteiger partial charge in [0.05, 0.1) is 23.9 Å². The molecule has 6 nitrogen and oxygen atoms in total. The summed E-state index contributed by atoms with van der Waals surface area (Å²) in [5.41, 5.74) is 7.97. The van der Waals surface area contributed by atoms with Gasteiger partial charge in [0, 0.05) is 36.8 Å². The van der Waals surface area contributed by atoms with Crippen LogP contribution in [-0.2, 0) is 24.2 Å². The van der Waals surface area contributed by atoms with Crippen molar-refractivity contribution in [3.05, 3.63) is 131 Å². The zero-order valence-electron chi connectivity index (χ0n) is 22.3. The minimum atomic E-state index is -0.511. The number of carbonyl (C=O) groups excluding carboxylic acids is 2. The summed E-state index contributed by atoms with van der Waals surface area (Å²) in [4.78, 5) is 32.5. The fourth-order valence-electron chi connectivity index (χ4n) is 5.28. The molecule has 6 rings (SSSR count). The summed E-state index contributed by atoms with van der Waals surface area (Å²) in [5, 5.41) is 3.79. The number of pyridine rings is 1. The van der Waals surface area contributed by atoms with E-state index in [2.05, 4.69) is 63.7 Å². The lowest BCUT2D eigenvalue weighted by Gasteiger charge is -2.28. The summed E-state index contributed by atoms with van der Waals surface area (Å²) < 4.78 is 4.97. The van der Waals surface area contributed by atoms with E-state index in [0.29, 0.717) is 16.8 Å². The molecule has 0 spiro atoms. The van der Waals surface area contributed by atoms with Crippen molar-refractivity contribution < 1.29 is 14.3 Å². The van der Waals surface area contributed by atoms with Crippen LogP contribution in [0.3, 0.4) is 0 Å². The summed E-state index contributed by atoms with van der Waals surface area (Å²) in [5.74, 6) is -0.825. The number of anilines is 1. The van der Waals surface area contributed by atoms with E-state index in [1.165, 1.54) is 23.8 Å². The van der Waals surface area contributed by atoms with Gasteiger partial charge in [-0.2, -0.15) is 0 Å². The molecule has 0 saturated heterocycles. The lowest BCUT2D eigenvalue weighted by Crippen LogP contribution is -2.29.